The Balaban J connectivity index is 1.65. The second-order valence-corrected chi connectivity index (χ2v) is 9.41. The molecule has 0 aromatic heterocycles. The van der Waals surface area contributed by atoms with Gasteiger partial charge in [-0.2, -0.15) is 0 Å². The number of rotatable bonds is 5. The minimum absolute atomic E-state index is 0.182. The van der Waals surface area contributed by atoms with Gasteiger partial charge in [-0.25, -0.2) is 17.5 Å². The van der Waals surface area contributed by atoms with E-state index in [9.17, 15) is 18.0 Å². The van der Waals surface area contributed by atoms with Crippen LogP contribution in [0.2, 0.25) is 0 Å². The molecule has 8 nitrogen and oxygen atoms in total. The quantitative estimate of drug-likeness (QED) is 0.677. The topological polar surface area (TPSA) is 108 Å². The molecule has 2 aromatic carbocycles. The van der Waals surface area contributed by atoms with Crippen molar-refractivity contribution in [1.82, 2.24) is 4.31 Å². The summed E-state index contributed by atoms with van der Waals surface area (Å²) in [5.41, 5.74) is 2.62. The van der Waals surface area contributed by atoms with Crippen molar-refractivity contribution in [3.05, 3.63) is 54.1 Å². The number of urea groups is 1. The Labute approximate surface area is 176 Å². The van der Waals surface area contributed by atoms with Gasteiger partial charge in [-0.15, -0.1) is 0 Å². The van der Waals surface area contributed by atoms with Crippen molar-refractivity contribution in [2.75, 3.05) is 35.3 Å². The van der Waals surface area contributed by atoms with Crippen LogP contribution in [0.15, 0.2) is 48.5 Å². The first-order valence-corrected chi connectivity index (χ1v) is 11.6. The summed E-state index contributed by atoms with van der Waals surface area (Å²) < 4.78 is 24.9. The second kappa shape index (κ2) is 9.27. The first-order chi connectivity index (χ1) is 14.2. The lowest BCUT2D eigenvalue weighted by molar-refractivity contribution is -0.120. The number of amides is 3. The highest BCUT2D eigenvalue weighted by molar-refractivity contribution is 7.88. The zero-order valence-corrected chi connectivity index (χ0v) is 17.8. The fraction of sp³-hybridized carbons (Fsp3) is 0.333. The molecule has 1 aliphatic rings. The zero-order valence-electron chi connectivity index (χ0n) is 17.0. The Hall–Kier alpha value is -2.91. The lowest BCUT2D eigenvalue weighted by Gasteiger charge is -2.30. The normalized spacial score (nSPS) is 17.2. The van der Waals surface area contributed by atoms with Crippen molar-refractivity contribution in [1.29, 1.82) is 0 Å². The second-order valence-electron chi connectivity index (χ2n) is 7.42. The molecule has 0 saturated carbocycles. The van der Waals surface area contributed by atoms with Gasteiger partial charge >= 0.3 is 6.03 Å². The molecule has 1 heterocycles. The molecule has 3 rings (SSSR count). The van der Waals surface area contributed by atoms with Gasteiger partial charge in [-0.1, -0.05) is 24.3 Å². The molecular weight excluding hydrogens is 404 g/mol. The maximum absolute atomic E-state index is 12.7. The predicted octanol–water partition coefficient (Wildman–Crippen LogP) is 3.25. The van der Waals surface area contributed by atoms with Crippen molar-refractivity contribution in [3.8, 4) is 0 Å². The predicted molar refractivity (Wildman–Crippen MR) is 118 cm³/mol. The molecule has 1 aliphatic heterocycles. The van der Waals surface area contributed by atoms with E-state index in [0.29, 0.717) is 36.4 Å². The standard InChI is InChI=1S/C21H26N4O4S/c1-15-10-11-18(23-21(27)22-17-8-4-3-5-9-17)13-19(15)24-20(26)16-7-6-12-25(14-16)30(2,28)29/h3-5,8-11,13,16H,6-7,12,14H2,1-2H3,(H,24,26)(H2,22,23,27). The number of para-hydroxylation sites is 1. The Bertz CT molecular complexity index is 1020. The third-order valence-corrected chi connectivity index (χ3v) is 6.28. The molecule has 3 N–H and O–H groups in total. The lowest BCUT2D eigenvalue weighted by atomic mass is 9.98. The fourth-order valence-electron chi connectivity index (χ4n) is 3.34. The first kappa shape index (κ1) is 21.8. The number of sulfonamides is 1. The summed E-state index contributed by atoms with van der Waals surface area (Å²) in [5.74, 6) is -0.636. The van der Waals surface area contributed by atoms with Crippen LogP contribution in [0.1, 0.15) is 18.4 Å². The van der Waals surface area contributed by atoms with Crippen molar-refractivity contribution < 1.29 is 18.0 Å². The number of benzene rings is 2. The molecule has 1 saturated heterocycles. The van der Waals surface area contributed by atoms with E-state index in [1.165, 1.54) is 4.31 Å². The first-order valence-electron chi connectivity index (χ1n) is 9.72. The van der Waals surface area contributed by atoms with E-state index in [1.807, 2.05) is 25.1 Å². The molecule has 0 bridgehead atoms. The molecule has 30 heavy (non-hydrogen) atoms. The van der Waals surface area contributed by atoms with Crippen molar-refractivity contribution in [2.45, 2.75) is 19.8 Å². The van der Waals surface area contributed by atoms with E-state index < -0.39 is 22.0 Å². The number of nitrogens with one attached hydrogen (secondary N) is 3. The Morgan fingerprint density at radius 1 is 1.00 bits per heavy atom. The summed E-state index contributed by atoms with van der Waals surface area (Å²) in [5, 5.41) is 8.37. The van der Waals surface area contributed by atoms with Gasteiger partial charge < -0.3 is 16.0 Å². The largest absolute Gasteiger partial charge is 0.325 e. The van der Waals surface area contributed by atoms with Gasteiger partial charge in [-0.05, 0) is 49.6 Å². The van der Waals surface area contributed by atoms with Crippen molar-refractivity contribution in [2.24, 2.45) is 5.92 Å². The van der Waals surface area contributed by atoms with Crippen LogP contribution in [-0.4, -0.2) is 44.0 Å². The molecule has 3 amide bonds. The van der Waals surface area contributed by atoms with Crippen LogP contribution < -0.4 is 16.0 Å². The smallest absolute Gasteiger partial charge is 0.323 e. The number of carbonyl (C=O) groups is 2. The molecule has 160 valence electrons. The Kier molecular flexibility index (Phi) is 6.73. The molecular formula is C21H26N4O4S. The van der Waals surface area contributed by atoms with E-state index in [2.05, 4.69) is 16.0 Å². The van der Waals surface area contributed by atoms with E-state index >= 15 is 0 Å². The van der Waals surface area contributed by atoms with Crippen molar-refractivity contribution in [3.63, 3.8) is 0 Å². The van der Waals surface area contributed by atoms with E-state index in [-0.39, 0.29) is 12.5 Å². The summed E-state index contributed by atoms with van der Waals surface area (Å²) in [6, 6.07) is 13.9. The summed E-state index contributed by atoms with van der Waals surface area (Å²) in [7, 11) is -3.32. The molecule has 0 aliphatic carbocycles. The maximum Gasteiger partial charge on any atom is 0.323 e. The third-order valence-electron chi connectivity index (χ3n) is 5.01. The number of nitrogens with zero attached hydrogens (tertiary/aromatic N) is 1. The van der Waals surface area contributed by atoms with E-state index in [1.54, 1.807) is 30.3 Å². The van der Waals surface area contributed by atoms with Gasteiger partial charge in [0.25, 0.3) is 0 Å². The molecule has 9 heteroatoms. The average Bonchev–Trinajstić information content (AvgIpc) is 2.70. The van der Waals surface area contributed by atoms with Gasteiger partial charge in [-0.3, -0.25) is 4.79 Å². The van der Waals surface area contributed by atoms with E-state index in [4.69, 9.17) is 0 Å². The number of piperidine rings is 1. The Morgan fingerprint density at radius 3 is 2.40 bits per heavy atom. The van der Waals surface area contributed by atoms with Crippen LogP contribution in [0, 0.1) is 12.8 Å². The minimum Gasteiger partial charge on any atom is -0.325 e. The lowest BCUT2D eigenvalue weighted by Crippen LogP contribution is -2.43. The fourth-order valence-corrected chi connectivity index (χ4v) is 4.25. The highest BCUT2D eigenvalue weighted by atomic mass is 32.2. The third kappa shape index (κ3) is 5.80. The summed E-state index contributed by atoms with van der Waals surface area (Å²) >= 11 is 0. The Morgan fingerprint density at radius 2 is 1.70 bits per heavy atom. The van der Waals surface area contributed by atoms with Crippen LogP contribution >= 0.6 is 0 Å². The van der Waals surface area contributed by atoms with Crippen LogP contribution in [0.25, 0.3) is 0 Å². The van der Waals surface area contributed by atoms with Gasteiger partial charge in [0, 0.05) is 30.2 Å². The number of hydrogen-bond acceptors (Lipinski definition) is 4. The molecule has 2 aromatic rings. The SMILES string of the molecule is Cc1ccc(NC(=O)Nc2ccccc2)cc1NC(=O)C1CCCN(S(C)(=O)=O)C1. The summed E-state index contributed by atoms with van der Waals surface area (Å²) in [4.78, 5) is 24.9. The zero-order chi connectivity index (χ0) is 21.7. The van der Waals surface area contributed by atoms with E-state index in [0.717, 1.165) is 11.8 Å². The molecule has 0 spiro atoms. The monoisotopic (exact) mass is 430 g/mol. The molecule has 1 unspecified atom stereocenters. The summed E-state index contributed by atoms with van der Waals surface area (Å²) in [6.45, 7) is 2.48. The van der Waals surface area contributed by atoms with Crippen molar-refractivity contribution >= 4 is 39.0 Å². The van der Waals surface area contributed by atoms with Crippen LogP contribution in [0.5, 0.6) is 0 Å². The number of hydrogen-bond donors (Lipinski definition) is 3. The average molecular weight is 431 g/mol. The summed E-state index contributed by atoms with van der Waals surface area (Å²) in [6.07, 6.45) is 2.44. The van der Waals surface area contributed by atoms with Crippen LogP contribution in [0.4, 0.5) is 21.9 Å². The maximum atomic E-state index is 12.7. The number of carbonyl (C=O) groups excluding carboxylic acids is 2. The van der Waals surface area contributed by atoms with Gasteiger partial charge in [0.15, 0.2) is 0 Å². The molecule has 1 fully saturated rings. The highest BCUT2D eigenvalue weighted by Gasteiger charge is 2.30. The minimum atomic E-state index is -3.32. The van der Waals surface area contributed by atoms with Gasteiger partial charge in [0.2, 0.25) is 15.9 Å². The van der Waals surface area contributed by atoms with Crippen LogP contribution in [-0.2, 0) is 14.8 Å². The van der Waals surface area contributed by atoms with Gasteiger partial charge in [0.1, 0.15) is 0 Å². The van der Waals surface area contributed by atoms with Gasteiger partial charge in [0.05, 0.1) is 12.2 Å². The number of anilines is 3. The molecule has 0 radical (unpaired) electrons. The highest BCUT2D eigenvalue weighted by Crippen LogP contribution is 2.24. The molecule has 1 atom stereocenters. The van der Waals surface area contributed by atoms with Crippen LogP contribution in [0.3, 0.4) is 0 Å². The number of aryl methyl sites for hydroxylation is 1.